The van der Waals surface area contributed by atoms with Crippen LogP contribution in [-0.4, -0.2) is 31.6 Å². The van der Waals surface area contributed by atoms with E-state index in [-0.39, 0.29) is 11.7 Å². The topological polar surface area (TPSA) is 77.1 Å². The second-order valence-electron chi connectivity index (χ2n) is 5.50. The van der Waals surface area contributed by atoms with Crippen LogP contribution in [0, 0.1) is 10.1 Å². The van der Waals surface area contributed by atoms with Gasteiger partial charge in [0.05, 0.1) is 11.6 Å². The second kappa shape index (κ2) is 6.90. The number of nitrogens with zero attached hydrogens (tertiary/aromatic N) is 5. The first-order valence-corrected chi connectivity index (χ1v) is 8.30. The minimum absolute atomic E-state index is 0.0345. The van der Waals surface area contributed by atoms with Gasteiger partial charge in [-0.15, -0.1) is 16.4 Å². The molecule has 0 N–H and O–H groups in total. The van der Waals surface area contributed by atoms with E-state index in [0.717, 1.165) is 0 Å². The molecule has 8 heteroatoms. The van der Waals surface area contributed by atoms with Gasteiger partial charge in [0.2, 0.25) is 0 Å². The number of thiophene rings is 1. The van der Waals surface area contributed by atoms with Gasteiger partial charge in [0.15, 0.2) is 5.82 Å². The summed E-state index contributed by atoms with van der Waals surface area (Å²) in [6, 6.07) is 10.8. The van der Waals surface area contributed by atoms with Crippen LogP contribution in [-0.2, 0) is 6.67 Å². The van der Waals surface area contributed by atoms with E-state index in [1.165, 1.54) is 17.0 Å². The first kappa shape index (κ1) is 16.3. The minimum Gasteiger partial charge on any atom is -0.280 e. The predicted octanol–water partition coefficient (Wildman–Crippen LogP) is 3.57. The zero-order valence-corrected chi connectivity index (χ0v) is 14.2. The Bertz CT molecular complexity index is 831. The molecule has 1 unspecified atom stereocenters. The van der Waals surface area contributed by atoms with Crippen LogP contribution in [0.2, 0.25) is 0 Å². The first-order valence-electron chi connectivity index (χ1n) is 7.42. The van der Waals surface area contributed by atoms with E-state index < -0.39 is 4.92 Å². The van der Waals surface area contributed by atoms with Crippen molar-refractivity contribution in [1.82, 2.24) is 19.7 Å². The van der Waals surface area contributed by atoms with Gasteiger partial charge in [0.25, 0.3) is 5.69 Å². The molecule has 7 nitrogen and oxygen atoms in total. The van der Waals surface area contributed by atoms with Crippen molar-refractivity contribution in [2.45, 2.75) is 19.6 Å². The average molecular weight is 343 g/mol. The normalized spacial score (nSPS) is 12.5. The zero-order chi connectivity index (χ0) is 17.1. The number of hydrogen-bond donors (Lipinski definition) is 0. The lowest BCUT2D eigenvalue weighted by atomic mass is 10.2. The highest BCUT2D eigenvalue weighted by atomic mass is 32.1. The lowest BCUT2D eigenvalue weighted by molar-refractivity contribution is -0.384. The molecule has 0 bridgehead atoms. The third-order valence-electron chi connectivity index (χ3n) is 3.84. The summed E-state index contributed by atoms with van der Waals surface area (Å²) in [5, 5.41) is 17.4. The van der Waals surface area contributed by atoms with Crippen molar-refractivity contribution >= 4 is 17.0 Å². The van der Waals surface area contributed by atoms with Gasteiger partial charge >= 0.3 is 0 Å². The Kier molecular flexibility index (Phi) is 4.68. The molecular weight excluding hydrogens is 326 g/mol. The van der Waals surface area contributed by atoms with Crippen LogP contribution in [0.1, 0.15) is 17.8 Å². The van der Waals surface area contributed by atoms with Gasteiger partial charge in [-0.3, -0.25) is 15.0 Å². The number of nitro benzene ring substituents is 1. The number of non-ortho nitro benzene ring substituents is 1. The van der Waals surface area contributed by atoms with Crippen molar-refractivity contribution < 1.29 is 4.92 Å². The third kappa shape index (κ3) is 3.50. The van der Waals surface area contributed by atoms with Crippen LogP contribution in [0.3, 0.4) is 0 Å². The molecule has 0 saturated carbocycles. The van der Waals surface area contributed by atoms with Crippen molar-refractivity contribution in [2.75, 3.05) is 7.05 Å². The quantitative estimate of drug-likeness (QED) is 0.505. The van der Waals surface area contributed by atoms with Crippen LogP contribution in [0.15, 0.2) is 48.1 Å². The van der Waals surface area contributed by atoms with Crippen molar-refractivity contribution in [3.63, 3.8) is 0 Å². The molecule has 0 amide bonds. The number of hydrogen-bond acceptors (Lipinski definition) is 6. The summed E-state index contributed by atoms with van der Waals surface area (Å²) in [7, 11) is 2.03. The van der Waals surface area contributed by atoms with Crippen molar-refractivity contribution in [1.29, 1.82) is 0 Å². The first-order chi connectivity index (χ1) is 11.5. The fraction of sp³-hybridized carbons (Fsp3) is 0.250. The molecule has 0 aliphatic carbocycles. The maximum atomic E-state index is 10.9. The van der Waals surface area contributed by atoms with Crippen LogP contribution in [0.4, 0.5) is 5.69 Å². The van der Waals surface area contributed by atoms with Gasteiger partial charge in [0, 0.05) is 28.6 Å². The average Bonchev–Trinajstić information content (AvgIpc) is 3.26. The van der Waals surface area contributed by atoms with Gasteiger partial charge in [-0.1, -0.05) is 18.2 Å². The molecular formula is C16H17N5O2S. The Hall–Kier alpha value is -2.58. The van der Waals surface area contributed by atoms with Gasteiger partial charge < -0.3 is 0 Å². The molecule has 0 aliphatic heterocycles. The molecule has 1 aromatic carbocycles. The lowest BCUT2D eigenvalue weighted by Crippen LogP contribution is -2.25. The molecule has 3 rings (SSSR count). The Morgan fingerprint density at radius 3 is 2.92 bits per heavy atom. The maximum absolute atomic E-state index is 10.9. The zero-order valence-electron chi connectivity index (χ0n) is 13.4. The summed E-state index contributed by atoms with van der Waals surface area (Å²) < 4.78 is 1.73. The van der Waals surface area contributed by atoms with E-state index in [1.54, 1.807) is 34.5 Å². The van der Waals surface area contributed by atoms with Gasteiger partial charge in [-0.2, -0.15) is 0 Å². The minimum atomic E-state index is -0.420. The summed E-state index contributed by atoms with van der Waals surface area (Å²) in [5.74, 6) is 0.482. The number of aromatic nitrogens is 3. The van der Waals surface area contributed by atoms with E-state index in [9.17, 15) is 10.1 Å². The molecule has 0 saturated heterocycles. The Morgan fingerprint density at radius 1 is 1.38 bits per heavy atom. The Labute approximate surface area is 143 Å². The summed E-state index contributed by atoms with van der Waals surface area (Å²) in [4.78, 5) is 18.2. The Morgan fingerprint density at radius 2 is 2.21 bits per heavy atom. The number of rotatable bonds is 6. The van der Waals surface area contributed by atoms with Crippen LogP contribution in [0.5, 0.6) is 0 Å². The standard InChI is InChI=1S/C16H17N5O2S/c1-12(15-7-4-8-24-15)19(2)11-20-10-17-16(18-20)13-5-3-6-14(9-13)21(22)23/h3-10,12H,11H2,1-2H3. The molecule has 3 aromatic rings. The summed E-state index contributed by atoms with van der Waals surface area (Å²) >= 11 is 1.73. The van der Waals surface area contributed by atoms with Gasteiger partial charge in [-0.25, -0.2) is 9.67 Å². The molecule has 124 valence electrons. The highest BCUT2D eigenvalue weighted by Crippen LogP contribution is 2.24. The molecule has 0 radical (unpaired) electrons. The molecule has 0 fully saturated rings. The SMILES string of the molecule is CC(c1cccs1)N(C)Cn1cnc(-c2cccc([N+](=O)[O-])c2)n1. The third-order valence-corrected chi connectivity index (χ3v) is 4.88. The van der Waals surface area contributed by atoms with Gasteiger partial charge in [-0.05, 0) is 25.4 Å². The van der Waals surface area contributed by atoms with Crippen LogP contribution >= 0.6 is 11.3 Å². The maximum Gasteiger partial charge on any atom is 0.270 e. The highest BCUT2D eigenvalue weighted by Gasteiger charge is 2.15. The van der Waals surface area contributed by atoms with Crippen LogP contribution in [0.25, 0.3) is 11.4 Å². The van der Waals surface area contributed by atoms with Gasteiger partial charge in [0.1, 0.15) is 6.33 Å². The van der Waals surface area contributed by atoms with E-state index >= 15 is 0 Å². The molecule has 24 heavy (non-hydrogen) atoms. The van der Waals surface area contributed by atoms with Crippen molar-refractivity contribution in [2.24, 2.45) is 0 Å². The largest absolute Gasteiger partial charge is 0.280 e. The molecule has 0 aliphatic rings. The van der Waals surface area contributed by atoms with E-state index in [1.807, 2.05) is 13.1 Å². The van der Waals surface area contributed by atoms with Crippen molar-refractivity contribution in [3.8, 4) is 11.4 Å². The van der Waals surface area contributed by atoms with E-state index in [4.69, 9.17) is 0 Å². The fourth-order valence-electron chi connectivity index (χ4n) is 2.35. The molecule has 1 atom stereocenters. The number of benzene rings is 1. The summed E-state index contributed by atoms with van der Waals surface area (Å²) in [6.07, 6.45) is 1.64. The summed E-state index contributed by atoms with van der Waals surface area (Å²) in [6.45, 7) is 2.73. The van der Waals surface area contributed by atoms with E-state index in [2.05, 4.69) is 33.4 Å². The molecule has 2 heterocycles. The summed E-state index contributed by atoms with van der Waals surface area (Å²) in [5.41, 5.74) is 0.671. The van der Waals surface area contributed by atoms with Crippen LogP contribution < -0.4 is 0 Å². The molecule has 2 aromatic heterocycles. The molecule has 0 spiro atoms. The number of nitro groups is 1. The monoisotopic (exact) mass is 343 g/mol. The second-order valence-corrected chi connectivity index (χ2v) is 6.48. The van der Waals surface area contributed by atoms with Crippen molar-refractivity contribution in [3.05, 3.63) is 63.1 Å². The fourth-order valence-corrected chi connectivity index (χ4v) is 3.20. The smallest absolute Gasteiger partial charge is 0.270 e. The lowest BCUT2D eigenvalue weighted by Gasteiger charge is -2.23. The highest BCUT2D eigenvalue weighted by molar-refractivity contribution is 7.10. The van der Waals surface area contributed by atoms with E-state index in [0.29, 0.717) is 18.1 Å². The predicted molar refractivity (Wildman–Crippen MR) is 92.6 cm³/mol. The Balaban J connectivity index is 1.74.